The molecule has 2 aromatic rings. The molecule has 0 amide bonds. The molecule has 0 unspecified atom stereocenters. The second-order valence-corrected chi connectivity index (χ2v) is 3.89. The predicted octanol–water partition coefficient (Wildman–Crippen LogP) is 3.62. The van der Waals surface area contributed by atoms with Crippen LogP contribution in [0.4, 0.5) is 11.4 Å². The molecule has 2 rings (SSSR count). The number of azo groups is 1. The van der Waals surface area contributed by atoms with Gasteiger partial charge in [-0.05, 0) is 42.5 Å². The Kier molecular flexibility index (Phi) is 4.28. The third kappa shape index (κ3) is 3.32. The van der Waals surface area contributed by atoms with Crippen molar-refractivity contribution in [1.29, 1.82) is 0 Å². The summed E-state index contributed by atoms with van der Waals surface area (Å²) in [5.74, 6) is 0.751. The Labute approximate surface area is 115 Å². The number of oxime groups is 1. The van der Waals surface area contributed by atoms with Crippen molar-refractivity contribution in [2.24, 2.45) is 15.4 Å². The molecule has 102 valence electrons. The minimum Gasteiger partial charge on any atom is -0.507 e. The van der Waals surface area contributed by atoms with Crippen molar-refractivity contribution in [2.45, 2.75) is 0 Å². The maximum Gasteiger partial charge on any atom is 0.124 e. The van der Waals surface area contributed by atoms with Crippen molar-refractivity contribution in [3.05, 3.63) is 48.0 Å². The van der Waals surface area contributed by atoms with Gasteiger partial charge in [0.2, 0.25) is 0 Å². The van der Waals surface area contributed by atoms with E-state index in [0.717, 1.165) is 12.0 Å². The summed E-state index contributed by atoms with van der Waals surface area (Å²) in [7, 11) is 1.59. The van der Waals surface area contributed by atoms with Gasteiger partial charge >= 0.3 is 0 Å². The summed E-state index contributed by atoms with van der Waals surface area (Å²) < 4.78 is 5.05. The van der Waals surface area contributed by atoms with Gasteiger partial charge in [-0.2, -0.15) is 10.2 Å². The van der Waals surface area contributed by atoms with Crippen LogP contribution in [0.5, 0.6) is 11.5 Å². The van der Waals surface area contributed by atoms with E-state index >= 15 is 0 Å². The first-order valence-electron chi connectivity index (χ1n) is 5.79. The molecule has 0 spiro atoms. The summed E-state index contributed by atoms with van der Waals surface area (Å²) in [5, 5.41) is 29.0. The summed E-state index contributed by atoms with van der Waals surface area (Å²) in [6.07, 6.45) is 1.13. The second-order valence-electron chi connectivity index (χ2n) is 3.89. The zero-order chi connectivity index (χ0) is 14.4. The lowest BCUT2D eigenvalue weighted by Crippen LogP contribution is -1.81. The van der Waals surface area contributed by atoms with E-state index in [4.69, 9.17) is 9.94 Å². The van der Waals surface area contributed by atoms with Gasteiger partial charge in [-0.25, -0.2) is 0 Å². The topological polar surface area (TPSA) is 86.8 Å². The Hall–Kier alpha value is -2.89. The molecule has 6 heteroatoms. The Balaban J connectivity index is 2.20. The summed E-state index contributed by atoms with van der Waals surface area (Å²) >= 11 is 0. The van der Waals surface area contributed by atoms with Crippen LogP contribution in [0.15, 0.2) is 57.8 Å². The number of hydrogen-bond acceptors (Lipinski definition) is 6. The lowest BCUT2D eigenvalue weighted by molar-refractivity contribution is 0.321. The van der Waals surface area contributed by atoms with E-state index in [0.29, 0.717) is 16.9 Å². The number of benzene rings is 2. The lowest BCUT2D eigenvalue weighted by atomic mass is 10.2. The van der Waals surface area contributed by atoms with Crippen molar-refractivity contribution in [3.8, 4) is 11.5 Å². The van der Waals surface area contributed by atoms with Crippen LogP contribution in [0.2, 0.25) is 0 Å². The SMILES string of the molecule is COc1ccc(N=Nc2ccc(O)c(/C=N/O)c2)cc1. The minimum atomic E-state index is 0.00574. The Morgan fingerprint density at radius 2 is 1.65 bits per heavy atom. The molecule has 0 heterocycles. The van der Waals surface area contributed by atoms with Crippen LogP contribution in [0.1, 0.15) is 5.56 Å². The van der Waals surface area contributed by atoms with Gasteiger partial charge in [0.25, 0.3) is 0 Å². The number of aromatic hydroxyl groups is 1. The number of phenols is 1. The van der Waals surface area contributed by atoms with E-state index in [2.05, 4.69) is 15.4 Å². The summed E-state index contributed by atoms with van der Waals surface area (Å²) in [6.45, 7) is 0. The highest BCUT2D eigenvalue weighted by Crippen LogP contribution is 2.24. The van der Waals surface area contributed by atoms with Crippen LogP contribution in [0.3, 0.4) is 0 Å². The Morgan fingerprint density at radius 3 is 2.30 bits per heavy atom. The maximum absolute atomic E-state index is 9.52. The maximum atomic E-state index is 9.52. The highest BCUT2D eigenvalue weighted by atomic mass is 16.5. The third-order valence-electron chi connectivity index (χ3n) is 2.56. The van der Waals surface area contributed by atoms with Crippen molar-refractivity contribution in [1.82, 2.24) is 0 Å². The van der Waals surface area contributed by atoms with E-state index in [1.165, 1.54) is 6.07 Å². The number of nitrogens with zero attached hydrogens (tertiary/aromatic N) is 3. The van der Waals surface area contributed by atoms with Gasteiger partial charge in [-0.3, -0.25) is 0 Å². The number of ether oxygens (including phenoxy) is 1. The molecule has 0 saturated heterocycles. The average Bonchev–Trinajstić information content (AvgIpc) is 2.49. The van der Waals surface area contributed by atoms with E-state index in [-0.39, 0.29) is 5.75 Å². The van der Waals surface area contributed by atoms with E-state index in [9.17, 15) is 5.11 Å². The summed E-state index contributed by atoms with van der Waals surface area (Å²) in [6, 6.07) is 11.8. The van der Waals surface area contributed by atoms with Crippen molar-refractivity contribution < 1.29 is 15.1 Å². The van der Waals surface area contributed by atoms with Crippen molar-refractivity contribution in [3.63, 3.8) is 0 Å². The summed E-state index contributed by atoms with van der Waals surface area (Å²) in [4.78, 5) is 0. The summed E-state index contributed by atoms with van der Waals surface area (Å²) in [5.41, 5.74) is 1.57. The van der Waals surface area contributed by atoms with Crippen LogP contribution < -0.4 is 4.74 Å². The van der Waals surface area contributed by atoms with Crippen molar-refractivity contribution in [2.75, 3.05) is 7.11 Å². The fourth-order valence-corrected chi connectivity index (χ4v) is 1.53. The van der Waals surface area contributed by atoms with Gasteiger partial charge in [-0.15, -0.1) is 0 Å². The molecule has 0 aliphatic heterocycles. The fraction of sp³-hybridized carbons (Fsp3) is 0.0714. The molecule has 0 atom stereocenters. The lowest BCUT2D eigenvalue weighted by Gasteiger charge is -2.00. The molecule has 0 aromatic heterocycles. The largest absolute Gasteiger partial charge is 0.507 e. The zero-order valence-electron chi connectivity index (χ0n) is 10.8. The minimum absolute atomic E-state index is 0.00574. The predicted molar refractivity (Wildman–Crippen MR) is 74.7 cm³/mol. The highest BCUT2D eigenvalue weighted by molar-refractivity contribution is 5.84. The molecule has 0 aliphatic carbocycles. The Morgan fingerprint density at radius 1 is 1.00 bits per heavy atom. The molecular formula is C14H13N3O3. The number of methoxy groups -OCH3 is 1. The molecule has 6 nitrogen and oxygen atoms in total. The third-order valence-corrected chi connectivity index (χ3v) is 2.56. The molecule has 0 fully saturated rings. The monoisotopic (exact) mass is 271 g/mol. The van der Waals surface area contributed by atoms with Gasteiger partial charge in [0.05, 0.1) is 24.7 Å². The number of rotatable bonds is 4. The van der Waals surface area contributed by atoms with Crippen LogP contribution >= 0.6 is 0 Å². The van der Waals surface area contributed by atoms with Crippen LogP contribution in [-0.2, 0) is 0 Å². The van der Waals surface area contributed by atoms with Crippen molar-refractivity contribution >= 4 is 17.6 Å². The smallest absolute Gasteiger partial charge is 0.124 e. The molecule has 2 N–H and O–H groups in total. The molecule has 0 saturated carbocycles. The zero-order valence-corrected chi connectivity index (χ0v) is 10.8. The standard InChI is InChI=1S/C14H13N3O3/c1-20-13-5-2-11(3-6-13)16-17-12-4-7-14(18)10(8-12)9-15-19/h2-9,18-19H,1H3/b15-9+,17-16?. The van der Waals surface area contributed by atoms with Gasteiger partial charge in [0.1, 0.15) is 11.5 Å². The van der Waals surface area contributed by atoms with E-state index < -0.39 is 0 Å². The van der Waals surface area contributed by atoms with E-state index in [1.807, 2.05) is 0 Å². The van der Waals surface area contributed by atoms with Gasteiger partial charge in [0, 0.05) is 5.56 Å². The normalized spacial score (nSPS) is 11.2. The van der Waals surface area contributed by atoms with Gasteiger partial charge in [0.15, 0.2) is 0 Å². The molecular weight excluding hydrogens is 258 g/mol. The molecule has 0 bridgehead atoms. The Bertz CT molecular complexity index is 637. The number of phenolic OH excluding ortho intramolecular Hbond substituents is 1. The molecule has 20 heavy (non-hydrogen) atoms. The first-order chi connectivity index (χ1) is 9.72. The average molecular weight is 271 g/mol. The van der Waals surface area contributed by atoms with Crippen LogP contribution in [0.25, 0.3) is 0 Å². The molecule has 2 aromatic carbocycles. The van der Waals surface area contributed by atoms with E-state index in [1.54, 1.807) is 43.5 Å². The van der Waals surface area contributed by atoms with Crippen LogP contribution in [-0.4, -0.2) is 23.6 Å². The number of hydrogen-bond donors (Lipinski definition) is 2. The highest BCUT2D eigenvalue weighted by Gasteiger charge is 2.00. The van der Waals surface area contributed by atoms with Gasteiger partial charge in [-0.1, -0.05) is 5.16 Å². The quantitative estimate of drug-likeness (QED) is 0.385. The van der Waals surface area contributed by atoms with Gasteiger partial charge < -0.3 is 15.1 Å². The molecule has 0 radical (unpaired) electrons. The van der Waals surface area contributed by atoms with Crippen LogP contribution in [0, 0.1) is 0 Å². The molecule has 0 aliphatic rings. The fourth-order valence-electron chi connectivity index (χ4n) is 1.53. The first-order valence-corrected chi connectivity index (χ1v) is 5.79. The first kappa shape index (κ1) is 13.5. The second kappa shape index (κ2) is 6.33.